The van der Waals surface area contributed by atoms with E-state index in [4.69, 9.17) is 4.74 Å². The van der Waals surface area contributed by atoms with E-state index in [2.05, 4.69) is 23.2 Å². The molecule has 7 heteroatoms. The number of rotatable bonds is 8. The highest BCUT2D eigenvalue weighted by atomic mass is 32.2. The zero-order valence-corrected chi connectivity index (χ0v) is 18.1. The third-order valence-electron chi connectivity index (χ3n) is 4.99. The SMILES string of the molecule is CCN(CC)S(=O)(=O)c1ccc(N(C)Cc2ccc3cc(OC)ccc3c2)nc1. The molecule has 0 aliphatic rings. The van der Waals surface area contributed by atoms with Gasteiger partial charge in [-0.2, -0.15) is 4.31 Å². The second kappa shape index (κ2) is 8.80. The van der Waals surface area contributed by atoms with Crippen LogP contribution in [0.25, 0.3) is 10.8 Å². The minimum Gasteiger partial charge on any atom is -0.497 e. The fourth-order valence-electron chi connectivity index (χ4n) is 3.32. The van der Waals surface area contributed by atoms with Crippen LogP contribution in [-0.2, 0) is 16.6 Å². The average molecular weight is 414 g/mol. The summed E-state index contributed by atoms with van der Waals surface area (Å²) in [7, 11) is 0.116. The first kappa shape index (κ1) is 21.1. The summed E-state index contributed by atoms with van der Waals surface area (Å²) in [4.78, 5) is 6.60. The third-order valence-corrected chi connectivity index (χ3v) is 7.02. The van der Waals surface area contributed by atoms with Crippen LogP contribution >= 0.6 is 0 Å². The third kappa shape index (κ3) is 4.52. The topological polar surface area (TPSA) is 62.7 Å². The molecule has 0 bridgehead atoms. The van der Waals surface area contributed by atoms with Crippen LogP contribution in [0.2, 0.25) is 0 Å². The summed E-state index contributed by atoms with van der Waals surface area (Å²) in [6, 6.07) is 15.7. The fourth-order valence-corrected chi connectivity index (χ4v) is 4.72. The normalized spacial score (nSPS) is 11.8. The Morgan fingerprint density at radius 3 is 2.28 bits per heavy atom. The van der Waals surface area contributed by atoms with E-state index in [1.807, 2.05) is 44.0 Å². The van der Waals surface area contributed by atoms with Gasteiger partial charge in [0.25, 0.3) is 0 Å². The number of hydrogen-bond donors (Lipinski definition) is 0. The van der Waals surface area contributed by atoms with E-state index in [0.29, 0.717) is 19.6 Å². The van der Waals surface area contributed by atoms with Crippen molar-refractivity contribution in [1.82, 2.24) is 9.29 Å². The van der Waals surface area contributed by atoms with Crippen molar-refractivity contribution in [2.45, 2.75) is 25.3 Å². The molecule has 0 radical (unpaired) electrons. The van der Waals surface area contributed by atoms with Gasteiger partial charge in [0.1, 0.15) is 16.5 Å². The van der Waals surface area contributed by atoms with Gasteiger partial charge in [-0.15, -0.1) is 0 Å². The molecular weight excluding hydrogens is 386 g/mol. The van der Waals surface area contributed by atoms with E-state index >= 15 is 0 Å². The van der Waals surface area contributed by atoms with E-state index in [1.54, 1.807) is 19.2 Å². The van der Waals surface area contributed by atoms with E-state index in [-0.39, 0.29) is 4.90 Å². The van der Waals surface area contributed by atoms with Gasteiger partial charge in [-0.3, -0.25) is 0 Å². The summed E-state index contributed by atoms with van der Waals surface area (Å²) in [5.41, 5.74) is 1.15. The number of ether oxygens (including phenoxy) is 1. The number of benzene rings is 2. The highest BCUT2D eigenvalue weighted by Gasteiger charge is 2.22. The Kier molecular flexibility index (Phi) is 6.39. The number of sulfonamides is 1. The van der Waals surface area contributed by atoms with Crippen molar-refractivity contribution in [3.63, 3.8) is 0 Å². The van der Waals surface area contributed by atoms with Crippen molar-refractivity contribution >= 4 is 26.6 Å². The van der Waals surface area contributed by atoms with E-state index < -0.39 is 10.0 Å². The van der Waals surface area contributed by atoms with Crippen molar-refractivity contribution in [1.29, 1.82) is 0 Å². The maximum atomic E-state index is 12.6. The Labute approximate surface area is 172 Å². The standard InChI is InChI=1S/C22H27N3O3S/c1-5-25(6-2)29(26,27)21-11-12-22(23-15-21)24(3)16-17-7-8-19-14-20(28-4)10-9-18(19)13-17/h7-15H,5-6,16H2,1-4H3. The molecule has 1 aromatic heterocycles. The maximum Gasteiger partial charge on any atom is 0.244 e. The Morgan fingerprint density at radius 2 is 1.66 bits per heavy atom. The van der Waals surface area contributed by atoms with E-state index in [9.17, 15) is 8.42 Å². The molecule has 0 aliphatic heterocycles. The number of nitrogens with zero attached hydrogens (tertiary/aromatic N) is 3. The fraction of sp³-hybridized carbons (Fsp3) is 0.318. The summed E-state index contributed by atoms with van der Waals surface area (Å²) < 4.78 is 31.9. The molecule has 0 atom stereocenters. The number of aromatic nitrogens is 1. The Hall–Kier alpha value is -2.64. The number of fused-ring (bicyclic) bond motifs is 1. The van der Waals surface area contributed by atoms with Gasteiger partial charge in [-0.1, -0.05) is 32.0 Å². The second-order valence-corrected chi connectivity index (χ2v) is 8.78. The molecule has 0 saturated carbocycles. The van der Waals surface area contributed by atoms with Gasteiger partial charge in [0.15, 0.2) is 0 Å². The highest BCUT2D eigenvalue weighted by Crippen LogP contribution is 2.23. The first-order valence-corrected chi connectivity index (χ1v) is 11.1. The second-order valence-electron chi connectivity index (χ2n) is 6.84. The van der Waals surface area contributed by atoms with Crippen LogP contribution in [0.5, 0.6) is 5.75 Å². The Morgan fingerprint density at radius 1 is 0.966 bits per heavy atom. The van der Waals surface area contributed by atoms with Crippen molar-refractivity contribution in [3.05, 3.63) is 60.3 Å². The molecule has 0 unspecified atom stereocenters. The Balaban J connectivity index is 1.77. The van der Waals surface area contributed by atoms with E-state index in [1.165, 1.54) is 10.5 Å². The molecule has 3 rings (SSSR count). The van der Waals surface area contributed by atoms with Gasteiger partial charge in [-0.25, -0.2) is 13.4 Å². The average Bonchev–Trinajstić information content (AvgIpc) is 2.74. The molecule has 6 nitrogen and oxygen atoms in total. The number of hydrogen-bond acceptors (Lipinski definition) is 5. The van der Waals surface area contributed by atoms with Gasteiger partial charge < -0.3 is 9.64 Å². The van der Waals surface area contributed by atoms with Crippen molar-refractivity contribution in [2.24, 2.45) is 0 Å². The minimum atomic E-state index is -3.49. The molecule has 0 aliphatic carbocycles. The molecular formula is C22H27N3O3S. The van der Waals surface area contributed by atoms with Gasteiger partial charge in [-0.05, 0) is 46.7 Å². The van der Waals surface area contributed by atoms with Crippen LogP contribution < -0.4 is 9.64 Å². The lowest BCUT2D eigenvalue weighted by molar-refractivity contribution is 0.415. The number of anilines is 1. The molecule has 0 N–H and O–H groups in total. The van der Waals surface area contributed by atoms with Gasteiger partial charge in [0.05, 0.1) is 7.11 Å². The quantitative estimate of drug-likeness (QED) is 0.560. The lowest BCUT2D eigenvalue weighted by Crippen LogP contribution is -2.30. The summed E-state index contributed by atoms with van der Waals surface area (Å²) in [5.74, 6) is 1.56. The van der Waals surface area contributed by atoms with Crippen LogP contribution in [0, 0.1) is 0 Å². The zero-order chi connectivity index (χ0) is 21.0. The molecule has 1 heterocycles. The zero-order valence-electron chi connectivity index (χ0n) is 17.3. The van der Waals surface area contributed by atoms with Gasteiger partial charge in [0.2, 0.25) is 10.0 Å². The molecule has 0 amide bonds. The lowest BCUT2D eigenvalue weighted by atomic mass is 10.1. The van der Waals surface area contributed by atoms with Crippen molar-refractivity contribution in [3.8, 4) is 5.75 Å². The van der Waals surface area contributed by atoms with Crippen molar-refractivity contribution in [2.75, 3.05) is 32.1 Å². The highest BCUT2D eigenvalue weighted by molar-refractivity contribution is 7.89. The summed E-state index contributed by atoms with van der Waals surface area (Å²) in [5, 5.41) is 2.27. The van der Waals surface area contributed by atoms with E-state index in [0.717, 1.165) is 27.9 Å². The first-order chi connectivity index (χ1) is 13.9. The summed E-state index contributed by atoms with van der Waals surface area (Å²) in [6.07, 6.45) is 1.44. The lowest BCUT2D eigenvalue weighted by Gasteiger charge is -2.21. The summed E-state index contributed by atoms with van der Waals surface area (Å²) >= 11 is 0. The number of pyridine rings is 1. The molecule has 0 saturated heterocycles. The van der Waals surface area contributed by atoms with Crippen LogP contribution in [0.1, 0.15) is 19.4 Å². The molecule has 154 valence electrons. The predicted octanol–water partition coefficient (Wildman–Crippen LogP) is 3.91. The predicted molar refractivity (Wildman–Crippen MR) is 117 cm³/mol. The van der Waals surface area contributed by atoms with Crippen molar-refractivity contribution < 1.29 is 13.2 Å². The van der Waals surface area contributed by atoms with Crippen LogP contribution in [0.3, 0.4) is 0 Å². The summed E-state index contributed by atoms with van der Waals surface area (Å²) in [6.45, 7) is 5.20. The molecule has 2 aromatic carbocycles. The van der Waals surface area contributed by atoms with Crippen LogP contribution in [0.4, 0.5) is 5.82 Å². The molecule has 29 heavy (non-hydrogen) atoms. The Bertz CT molecular complexity index is 1080. The van der Waals surface area contributed by atoms with Gasteiger partial charge in [0, 0.05) is 32.9 Å². The first-order valence-electron chi connectivity index (χ1n) is 9.63. The molecule has 3 aromatic rings. The van der Waals surface area contributed by atoms with Gasteiger partial charge >= 0.3 is 0 Å². The smallest absolute Gasteiger partial charge is 0.244 e. The number of methoxy groups -OCH3 is 1. The molecule has 0 spiro atoms. The monoisotopic (exact) mass is 413 g/mol. The largest absolute Gasteiger partial charge is 0.497 e. The minimum absolute atomic E-state index is 0.220. The maximum absolute atomic E-state index is 12.6. The van der Waals surface area contributed by atoms with Crippen LogP contribution in [0.15, 0.2) is 59.6 Å². The van der Waals surface area contributed by atoms with Crippen LogP contribution in [-0.4, -0.2) is 45.0 Å². The molecule has 0 fully saturated rings.